The number of aryl methyl sites for hydroxylation is 2. The second-order valence-corrected chi connectivity index (χ2v) is 6.30. The molecule has 0 aliphatic carbocycles. The SMILES string of the molecule is Cc1cccc2nc(CCl)n(CCCCN(C)C(C)C)c12. The number of unbranched alkanes of at least 4 members (excludes halogenated alkanes) is 1. The Bertz CT molecular complexity index is 589. The molecule has 1 heterocycles. The molecule has 1 aromatic heterocycles. The first kappa shape index (κ1) is 16.3. The second kappa shape index (κ2) is 7.28. The van der Waals surface area contributed by atoms with Gasteiger partial charge in [-0.1, -0.05) is 12.1 Å². The van der Waals surface area contributed by atoms with Gasteiger partial charge in [-0.3, -0.25) is 0 Å². The van der Waals surface area contributed by atoms with Crippen molar-refractivity contribution in [2.45, 2.75) is 52.1 Å². The Balaban J connectivity index is 2.07. The molecule has 4 heteroatoms. The van der Waals surface area contributed by atoms with Gasteiger partial charge in [-0.15, -0.1) is 11.6 Å². The molecule has 116 valence electrons. The number of rotatable bonds is 7. The summed E-state index contributed by atoms with van der Waals surface area (Å²) in [5.41, 5.74) is 3.57. The van der Waals surface area contributed by atoms with Crippen molar-refractivity contribution < 1.29 is 0 Å². The lowest BCUT2D eigenvalue weighted by atomic mass is 10.2. The van der Waals surface area contributed by atoms with E-state index in [4.69, 9.17) is 11.6 Å². The van der Waals surface area contributed by atoms with E-state index in [2.05, 4.69) is 60.5 Å². The van der Waals surface area contributed by atoms with Crippen molar-refractivity contribution in [3.05, 3.63) is 29.6 Å². The van der Waals surface area contributed by atoms with E-state index >= 15 is 0 Å². The van der Waals surface area contributed by atoms with Crippen LogP contribution in [0, 0.1) is 6.92 Å². The van der Waals surface area contributed by atoms with Crippen LogP contribution in [0.5, 0.6) is 0 Å². The highest BCUT2D eigenvalue weighted by Crippen LogP contribution is 2.21. The highest BCUT2D eigenvalue weighted by molar-refractivity contribution is 6.16. The van der Waals surface area contributed by atoms with Crippen molar-refractivity contribution in [1.82, 2.24) is 14.5 Å². The Morgan fingerprint density at radius 1 is 1.29 bits per heavy atom. The molecular formula is C17H26ClN3. The number of imidazole rings is 1. The van der Waals surface area contributed by atoms with Crippen LogP contribution in [0.15, 0.2) is 18.2 Å². The molecule has 0 saturated carbocycles. The zero-order valence-corrected chi connectivity index (χ0v) is 14.3. The molecule has 1 aromatic carbocycles. The van der Waals surface area contributed by atoms with Gasteiger partial charge in [-0.05, 0) is 58.8 Å². The zero-order chi connectivity index (χ0) is 15.4. The van der Waals surface area contributed by atoms with Crippen LogP contribution in [0.4, 0.5) is 0 Å². The van der Waals surface area contributed by atoms with E-state index in [-0.39, 0.29) is 0 Å². The number of benzene rings is 1. The minimum absolute atomic E-state index is 0.472. The summed E-state index contributed by atoms with van der Waals surface area (Å²) in [4.78, 5) is 7.04. The monoisotopic (exact) mass is 307 g/mol. The Morgan fingerprint density at radius 3 is 2.71 bits per heavy atom. The van der Waals surface area contributed by atoms with Gasteiger partial charge in [0.05, 0.1) is 16.9 Å². The number of hydrogen-bond donors (Lipinski definition) is 0. The van der Waals surface area contributed by atoms with Crippen LogP contribution in [0.25, 0.3) is 11.0 Å². The van der Waals surface area contributed by atoms with Gasteiger partial charge in [0.2, 0.25) is 0 Å². The minimum Gasteiger partial charge on any atom is -0.327 e. The summed E-state index contributed by atoms with van der Waals surface area (Å²) in [5, 5.41) is 0. The van der Waals surface area contributed by atoms with Gasteiger partial charge in [0, 0.05) is 12.6 Å². The average molecular weight is 308 g/mol. The van der Waals surface area contributed by atoms with Crippen LogP contribution in [-0.4, -0.2) is 34.1 Å². The fourth-order valence-electron chi connectivity index (χ4n) is 2.65. The largest absolute Gasteiger partial charge is 0.327 e. The van der Waals surface area contributed by atoms with Gasteiger partial charge >= 0.3 is 0 Å². The Hall–Kier alpha value is -1.06. The van der Waals surface area contributed by atoms with Crippen LogP contribution >= 0.6 is 11.6 Å². The number of fused-ring (bicyclic) bond motifs is 1. The predicted octanol–water partition coefficient (Wildman–Crippen LogP) is 4.20. The van der Waals surface area contributed by atoms with Crippen LogP contribution < -0.4 is 0 Å². The van der Waals surface area contributed by atoms with Gasteiger partial charge in [-0.25, -0.2) is 4.98 Å². The van der Waals surface area contributed by atoms with Gasteiger partial charge < -0.3 is 9.47 Å². The van der Waals surface area contributed by atoms with Crippen LogP contribution in [-0.2, 0) is 12.4 Å². The molecule has 3 nitrogen and oxygen atoms in total. The fraction of sp³-hybridized carbons (Fsp3) is 0.588. The predicted molar refractivity (Wildman–Crippen MR) is 91.0 cm³/mol. The van der Waals surface area contributed by atoms with Crippen molar-refractivity contribution in [3.63, 3.8) is 0 Å². The van der Waals surface area contributed by atoms with Gasteiger partial charge in [0.25, 0.3) is 0 Å². The first-order chi connectivity index (χ1) is 10.0. The van der Waals surface area contributed by atoms with Crippen molar-refractivity contribution in [3.8, 4) is 0 Å². The molecule has 0 atom stereocenters. The summed E-state index contributed by atoms with van der Waals surface area (Å²) in [6.07, 6.45) is 2.35. The maximum absolute atomic E-state index is 6.07. The summed E-state index contributed by atoms with van der Waals surface area (Å²) < 4.78 is 2.30. The first-order valence-electron chi connectivity index (χ1n) is 7.75. The van der Waals surface area contributed by atoms with Crippen molar-refractivity contribution in [2.24, 2.45) is 0 Å². The molecule has 0 spiro atoms. The quantitative estimate of drug-likeness (QED) is 0.564. The minimum atomic E-state index is 0.472. The summed E-state index contributed by atoms with van der Waals surface area (Å²) >= 11 is 6.07. The molecule has 0 saturated heterocycles. The maximum atomic E-state index is 6.07. The third-order valence-corrected chi connectivity index (χ3v) is 4.43. The van der Waals surface area contributed by atoms with E-state index in [0.29, 0.717) is 11.9 Å². The van der Waals surface area contributed by atoms with Crippen molar-refractivity contribution in [1.29, 1.82) is 0 Å². The highest BCUT2D eigenvalue weighted by Gasteiger charge is 2.11. The third kappa shape index (κ3) is 3.78. The van der Waals surface area contributed by atoms with E-state index in [1.165, 1.54) is 17.5 Å². The Labute approximate surface area is 132 Å². The van der Waals surface area contributed by atoms with Gasteiger partial charge in [0.1, 0.15) is 5.82 Å². The van der Waals surface area contributed by atoms with Gasteiger partial charge in [0.15, 0.2) is 0 Å². The third-order valence-electron chi connectivity index (χ3n) is 4.19. The molecule has 2 aromatic rings. The number of hydrogen-bond acceptors (Lipinski definition) is 2. The number of aromatic nitrogens is 2. The standard InChI is InChI=1S/C17H26ClN3/c1-13(2)20(4)10-5-6-11-21-16(12-18)19-15-9-7-8-14(3)17(15)21/h7-9,13H,5-6,10-12H2,1-4H3. The van der Waals surface area contributed by atoms with Crippen LogP contribution in [0.2, 0.25) is 0 Å². The van der Waals surface area contributed by atoms with E-state index in [9.17, 15) is 0 Å². The van der Waals surface area contributed by atoms with E-state index in [1.54, 1.807) is 0 Å². The van der Waals surface area contributed by atoms with Gasteiger partial charge in [-0.2, -0.15) is 0 Å². The highest BCUT2D eigenvalue weighted by atomic mass is 35.5. The maximum Gasteiger partial charge on any atom is 0.124 e. The molecule has 21 heavy (non-hydrogen) atoms. The number of nitrogens with zero attached hydrogens (tertiary/aromatic N) is 3. The van der Waals surface area contributed by atoms with Crippen LogP contribution in [0.3, 0.4) is 0 Å². The molecule has 0 radical (unpaired) electrons. The van der Waals surface area contributed by atoms with E-state index in [1.807, 2.05) is 0 Å². The summed E-state index contributed by atoms with van der Waals surface area (Å²) in [6, 6.07) is 6.89. The normalized spacial score (nSPS) is 12.0. The Kier molecular flexibility index (Phi) is 5.65. The lowest BCUT2D eigenvalue weighted by Crippen LogP contribution is -2.27. The van der Waals surface area contributed by atoms with Crippen LogP contribution in [0.1, 0.15) is 38.1 Å². The first-order valence-corrected chi connectivity index (χ1v) is 8.29. The number of para-hydroxylation sites is 1. The summed E-state index contributed by atoms with van der Waals surface area (Å²) in [5.74, 6) is 1.46. The topological polar surface area (TPSA) is 21.1 Å². The molecule has 0 N–H and O–H groups in total. The van der Waals surface area contributed by atoms with Crippen molar-refractivity contribution >= 4 is 22.6 Å². The second-order valence-electron chi connectivity index (χ2n) is 6.04. The number of alkyl halides is 1. The molecule has 0 bridgehead atoms. The van der Waals surface area contributed by atoms with Crippen molar-refractivity contribution in [2.75, 3.05) is 13.6 Å². The summed E-state index contributed by atoms with van der Waals surface area (Å²) in [6.45, 7) is 8.75. The fourth-order valence-corrected chi connectivity index (χ4v) is 2.85. The van der Waals surface area contributed by atoms with E-state index in [0.717, 1.165) is 30.9 Å². The smallest absolute Gasteiger partial charge is 0.124 e. The molecule has 2 rings (SSSR count). The number of halogens is 1. The molecule has 0 aliphatic rings. The average Bonchev–Trinajstić information content (AvgIpc) is 2.82. The molecule has 0 aliphatic heterocycles. The lowest BCUT2D eigenvalue weighted by molar-refractivity contribution is 0.266. The zero-order valence-electron chi connectivity index (χ0n) is 13.6. The summed E-state index contributed by atoms with van der Waals surface area (Å²) in [7, 11) is 2.19. The lowest BCUT2D eigenvalue weighted by Gasteiger charge is -2.20. The molecule has 0 amide bonds. The Morgan fingerprint density at radius 2 is 2.05 bits per heavy atom. The molecule has 0 fully saturated rings. The van der Waals surface area contributed by atoms with E-state index < -0.39 is 0 Å². The molecular weight excluding hydrogens is 282 g/mol. The molecule has 0 unspecified atom stereocenters.